The third kappa shape index (κ3) is 10.3. The molecule has 264 valence electrons. The summed E-state index contributed by atoms with van der Waals surface area (Å²) in [6, 6.07) is 15.7. The van der Waals surface area contributed by atoms with Crippen LogP contribution in [0.25, 0.3) is 22.5 Å². The van der Waals surface area contributed by atoms with Crippen molar-refractivity contribution < 1.29 is 29.0 Å². The van der Waals surface area contributed by atoms with Gasteiger partial charge in [-0.15, -0.1) is 10.2 Å². The predicted octanol–water partition coefficient (Wildman–Crippen LogP) is 3.97. The highest BCUT2D eigenvalue weighted by Gasteiger charge is 2.36. The van der Waals surface area contributed by atoms with Crippen molar-refractivity contribution in [3.05, 3.63) is 72.6 Å². The Morgan fingerprint density at radius 1 is 1.02 bits per heavy atom. The monoisotopic (exact) mass is 685 g/mol. The second-order valence-electron chi connectivity index (χ2n) is 13.0. The number of tetrazole rings is 1. The molecule has 15 nitrogen and oxygen atoms in total. The van der Waals surface area contributed by atoms with Gasteiger partial charge in [-0.05, 0) is 99.0 Å². The van der Waals surface area contributed by atoms with Crippen molar-refractivity contribution >= 4 is 35.8 Å². The highest BCUT2D eigenvalue weighted by atomic mass is 16.6. The largest absolute Gasteiger partial charge is 0.483 e. The van der Waals surface area contributed by atoms with Crippen molar-refractivity contribution in [2.45, 2.75) is 64.5 Å². The number of nitrogen functional groups attached to an aromatic ring is 1. The number of primary amides is 1. The van der Waals surface area contributed by atoms with Crippen LogP contribution in [0.2, 0.25) is 0 Å². The fraction of sp³-hybridized carbons (Fsp3) is 0.371. The maximum atomic E-state index is 14.3. The summed E-state index contributed by atoms with van der Waals surface area (Å²) >= 11 is 0. The first-order valence-corrected chi connectivity index (χ1v) is 16.2. The normalized spacial score (nSPS) is 16.2. The molecule has 0 radical (unpaired) electrons. The van der Waals surface area contributed by atoms with Crippen molar-refractivity contribution in [2.75, 3.05) is 17.2 Å². The molecule has 1 aliphatic rings. The van der Waals surface area contributed by atoms with E-state index in [4.69, 9.17) is 26.1 Å². The Labute approximate surface area is 289 Å². The van der Waals surface area contributed by atoms with Crippen LogP contribution in [-0.4, -0.2) is 73.3 Å². The Hall–Kier alpha value is -5.86. The molecule has 5 rings (SSSR count). The molecule has 1 saturated carbocycles. The predicted molar refractivity (Wildman–Crippen MR) is 186 cm³/mol. The van der Waals surface area contributed by atoms with Gasteiger partial charge >= 0.3 is 6.09 Å². The number of nitrogens with one attached hydrogen (secondary N) is 2. The number of H-pyrrole nitrogens is 1. The van der Waals surface area contributed by atoms with Gasteiger partial charge in [-0.1, -0.05) is 24.3 Å². The number of aromatic amines is 1. The Kier molecular flexibility index (Phi) is 12.6. The van der Waals surface area contributed by atoms with Crippen molar-refractivity contribution in [3.63, 3.8) is 0 Å². The molecule has 50 heavy (non-hydrogen) atoms. The molecule has 0 spiro atoms. The van der Waals surface area contributed by atoms with E-state index in [1.165, 1.54) is 0 Å². The highest BCUT2D eigenvalue weighted by Crippen LogP contribution is 2.33. The Morgan fingerprint density at radius 2 is 1.66 bits per heavy atom. The molecule has 7 N–H and O–H groups in total. The van der Waals surface area contributed by atoms with Crippen LogP contribution in [-0.2, 0) is 25.5 Å². The molecule has 4 aromatic rings. The molecule has 3 amide bonds. The van der Waals surface area contributed by atoms with Crippen LogP contribution >= 0.6 is 0 Å². The number of pyridine rings is 1. The molecule has 2 aromatic carbocycles. The average molecular weight is 686 g/mol. The first-order chi connectivity index (χ1) is 23.9. The van der Waals surface area contributed by atoms with Gasteiger partial charge in [0, 0.05) is 48.1 Å². The van der Waals surface area contributed by atoms with Crippen LogP contribution in [0.1, 0.15) is 52.0 Å². The zero-order valence-electron chi connectivity index (χ0n) is 28.3. The van der Waals surface area contributed by atoms with Gasteiger partial charge in [0.05, 0.1) is 5.69 Å². The highest BCUT2D eigenvalue weighted by molar-refractivity contribution is 6.01. The molecule has 1 atom stereocenters. The second kappa shape index (κ2) is 17.0. The number of aromatic nitrogens is 5. The minimum absolute atomic E-state index is 0.165. The lowest BCUT2D eigenvalue weighted by molar-refractivity contribution is -0.127. The summed E-state index contributed by atoms with van der Waals surface area (Å²) in [6.07, 6.45) is 5.82. The van der Waals surface area contributed by atoms with E-state index in [1.54, 1.807) is 41.6 Å². The van der Waals surface area contributed by atoms with E-state index < -0.39 is 23.6 Å². The number of carboxylic acid groups (broad SMARTS) is 1. The summed E-state index contributed by atoms with van der Waals surface area (Å²) in [4.78, 5) is 53.6. The van der Waals surface area contributed by atoms with Crippen molar-refractivity contribution in [3.8, 4) is 22.5 Å². The number of carbonyl (C=O) groups is 4. The molecule has 2 heterocycles. The molecule has 0 saturated heterocycles. The topological polar surface area (TPSA) is 232 Å². The smallest absolute Gasteiger partial charge is 0.407 e. The van der Waals surface area contributed by atoms with E-state index >= 15 is 0 Å². The average Bonchev–Trinajstić information content (AvgIpc) is 3.63. The van der Waals surface area contributed by atoms with E-state index in [9.17, 15) is 14.4 Å². The number of anilines is 2. The molecular formula is C35H43N9O6. The van der Waals surface area contributed by atoms with Crippen LogP contribution in [0.4, 0.5) is 16.2 Å². The van der Waals surface area contributed by atoms with Gasteiger partial charge in [0.25, 0.3) is 6.47 Å². The second-order valence-corrected chi connectivity index (χ2v) is 13.0. The minimum Gasteiger partial charge on any atom is -0.483 e. The summed E-state index contributed by atoms with van der Waals surface area (Å²) < 4.78 is 5.36. The third-order valence-corrected chi connectivity index (χ3v) is 8.23. The third-order valence-electron chi connectivity index (χ3n) is 8.23. The summed E-state index contributed by atoms with van der Waals surface area (Å²) in [7, 11) is 0. The number of benzene rings is 2. The van der Waals surface area contributed by atoms with Gasteiger partial charge in [0.15, 0.2) is 0 Å². The number of carbonyl (C=O) groups excluding carboxylic acids is 3. The molecule has 1 aliphatic carbocycles. The van der Waals surface area contributed by atoms with Crippen LogP contribution in [0.15, 0.2) is 67.0 Å². The van der Waals surface area contributed by atoms with Crippen molar-refractivity contribution in [2.24, 2.45) is 17.6 Å². The number of ether oxygens (including phenoxy) is 1. The summed E-state index contributed by atoms with van der Waals surface area (Å²) in [5.41, 5.74) is 15.8. The fourth-order valence-electron chi connectivity index (χ4n) is 5.86. The lowest BCUT2D eigenvalue weighted by Gasteiger charge is -2.36. The van der Waals surface area contributed by atoms with Gasteiger partial charge in [-0.25, -0.2) is 4.79 Å². The number of amides is 3. The SMILES string of the molecule is CC(C)(C)OC(=O)NCC1CCC(C(=O)N(c2ccc(-c3nn[nH]n3)cc2)[C@@H](Cc2ccc(-c3cncc(N)c3)cc2)C(N)=O)CC1.O=CO. The van der Waals surface area contributed by atoms with Gasteiger partial charge in [-0.3, -0.25) is 24.3 Å². The Balaban J connectivity index is 0.00000181. The lowest BCUT2D eigenvalue weighted by atomic mass is 9.81. The number of hydrogen-bond donors (Lipinski definition) is 5. The molecule has 0 bridgehead atoms. The first kappa shape index (κ1) is 37.0. The Bertz CT molecular complexity index is 1720. The zero-order chi connectivity index (χ0) is 36.3. The quantitative estimate of drug-likeness (QED) is 0.150. The molecule has 0 aliphatic heterocycles. The van der Waals surface area contributed by atoms with Gasteiger partial charge < -0.3 is 26.6 Å². The van der Waals surface area contributed by atoms with Crippen LogP contribution < -0.4 is 21.7 Å². The van der Waals surface area contributed by atoms with Crippen molar-refractivity contribution in [1.82, 2.24) is 30.9 Å². The van der Waals surface area contributed by atoms with Crippen LogP contribution in [0, 0.1) is 11.8 Å². The van der Waals surface area contributed by atoms with Gasteiger partial charge in [0.2, 0.25) is 17.6 Å². The van der Waals surface area contributed by atoms with E-state index in [-0.39, 0.29) is 30.6 Å². The Morgan fingerprint density at radius 3 is 2.22 bits per heavy atom. The molecule has 2 aromatic heterocycles. The number of alkyl carbamates (subject to hydrolysis) is 1. The van der Waals surface area contributed by atoms with E-state index in [1.807, 2.05) is 51.1 Å². The standard InChI is InChI=1S/C34H41N9O4.CH2O2/c1-34(2,3)47-33(46)38-18-22-6-10-25(11-7-22)32(45)43(28-14-12-24(13-15-28)31-39-41-42-40-31)29(30(36)44)16-21-4-8-23(9-5-21)26-17-27(35)20-37-19-26;2-1-3/h4-5,8-9,12-15,17,19-20,22,25,29H,6-7,10-11,16,18,35H2,1-3H3,(H2,36,44)(H,38,46)(H,39,40,41,42);1H,(H,2,3)/t22?,25?,29-;/m0./s1. The maximum absolute atomic E-state index is 14.3. The maximum Gasteiger partial charge on any atom is 0.407 e. The molecule has 15 heteroatoms. The van der Waals surface area contributed by atoms with Gasteiger partial charge in [0.1, 0.15) is 11.6 Å². The zero-order valence-corrected chi connectivity index (χ0v) is 28.3. The number of nitrogens with zero attached hydrogens (tertiary/aromatic N) is 5. The molecular weight excluding hydrogens is 642 g/mol. The number of hydrogen-bond acceptors (Lipinski definition) is 10. The van der Waals surface area contributed by atoms with Crippen molar-refractivity contribution in [1.29, 1.82) is 0 Å². The summed E-state index contributed by atoms with van der Waals surface area (Å²) in [5.74, 6) is -0.462. The van der Waals surface area contributed by atoms with Gasteiger partial charge in [-0.2, -0.15) is 5.21 Å². The van der Waals surface area contributed by atoms with E-state index in [0.29, 0.717) is 42.1 Å². The lowest BCUT2D eigenvalue weighted by Crippen LogP contribution is -2.52. The minimum atomic E-state index is -0.940. The number of nitrogens with two attached hydrogens (primary N) is 2. The van der Waals surface area contributed by atoms with Crippen LogP contribution in [0.3, 0.4) is 0 Å². The molecule has 1 fully saturated rings. The van der Waals surface area contributed by atoms with E-state index in [0.717, 1.165) is 29.5 Å². The van der Waals surface area contributed by atoms with Crippen LogP contribution in [0.5, 0.6) is 0 Å². The van der Waals surface area contributed by atoms with E-state index in [2.05, 4.69) is 30.9 Å². The summed E-state index contributed by atoms with van der Waals surface area (Å²) in [5, 5.41) is 23.8. The summed E-state index contributed by atoms with van der Waals surface area (Å²) in [6.45, 7) is 5.69. The molecule has 0 unspecified atom stereocenters. The number of rotatable bonds is 10. The first-order valence-electron chi connectivity index (χ1n) is 16.2. The fourth-order valence-corrected chi connectivity index (χ4v) is 5.86.